The number of amides is 2. The van der Waals surface area contributed by atoms with Crippen molar-refractivity contribution in [2.24, 2.45) is 5.73 Å². The van der Waals surface area contributed by atoms with Crippen molar-refractivity contribution in [3.05, 3.63) is 71.8 Å². The molecule has 1 unspecified atom stereocenters. The number of fused-ring (bicyclic) bond motifs is 4. The van der Waals surface area contributed by atoms with E-state index in [-0.39, 0.29) is 24.5 Å². The molecule has 34 heavy (non-hydrogen) atoms. The number of aromatic nitrogens is 1. The number of benzene rings is 2. The molecule has 1 atom stereocenters. The van der Waals surface area contributed by atoms with Gasteiger partial charge in [0.1, 0.15) is 0 Å². The molecule has 2 aliphatic rings. The van der Waals surface area contributed by atoms with E-state index in [0.717, 1.165) is 36.3 Å². The van der Waals surface area contributed by atoms with Crippen molar-refractivity contribution in [1.82, 2.24) is 4.98 Å². The first-order valence-corrected chi connectivity index (χ1v) is 10.7. The molecule has 5 rings (SSSR count). The summed E-state index contributed by atoms with van der Waals surface area (Å²) in [7, 11) is 0. The molecule has 0 spiro atoms. The van der Waals surface area contributed by atoms with Crippen LogP contribution >= 0.6 is 12.4 Å². The predicted octanol–water partition coefficient (Wildman–Crippen LogP) is 5.28. The monoisotopic (exact) mass is 489 g/mol. The van der Waals surface area contributed by atoms with E-state index in [0.29, 0.717) is 35.9 Å². The van der Waals surface area contributed by atoms with Crippen molar-refractivity contribution < 1.29 is 18.0 Å². The SMILES string of the molecule is Cl.NCc1ccc(NC(=O)N2c3nc(-c4cccc(C(F)(F)F)c4)ccc3N3CCC2C3)cc1. The van der Waals surface area contributed by atoms with Crippen LogP contribution in [-0.2, 0) is 12.7 Å². The third kappa shape index (κ3) is 4.41. The normalized spacial score (nSPS) is 16.6. The number of nitrogens with two attached hydrogens (primary N) is 1. The maximum Gasteiger partial charge on any atom is 0.416 e. The Kier molecular flexibility index (Phi) is 6.42. The number of carbonyl (C=O) groups is 1. The lowest BCUT2D eigenvalue weighted by Gasteiger charge is -2.36. The first-order chi connectivity index (χ1) is 15.8. The Balaban J connectivity index is 0.00000274. The predicted molar refractivity (Wildman–Crippen MR) is 128 cm³/mol. The summed E-state index contributed by atoms with van der Waals surface area (Å²) in [6.07, 6.45) is -3.66. The summed E-state index contributed by atoms with van der Waals surface area (Å²) >= 11 is 0. The molecular weight excluding hydrogens is 467 g/mol. The minimum absolute atomic E-state index is 0. The molecule has 6 nitrogen and oxygen atoms in total. The summed E-state index contributed by atoms with van der Waals surface area (Å²) in [4.78, 5) is 21.7. The largest absolute Gasteiger partial charge is 0.416 e. The minimum Gasteiger partial charge on any atom is -0.366 e. The van der Waals surface area contributed by atoms with Crippen LogP contribution in [-0.4, -0.2) is 30.1 Å². The van der Waals surface area contributed by atoms with Crippen LogP contribution in [0.15, 0.2) is 60.7 Å². The fourth-order valence-corrected chi connectivity index (χ4v) is 4.39. The number of pyridine rings is 1. The number of halogens is 4. The van der Waals surface area contributed by atoms with Gasteiger partial charge in [0.25, 0.3) is 0 Å². The second kappa shape index (κ2) is 9.15. The lowest BCUT2D eigenvalue weighted by atomic mass is 10.1. The molecule has 0 radical (unpaired) electrons. The molecule has 178 valence electrons. The van der Waals surface area contributed by atoms with Gasteiger partial charge in [0.05, 0.1) is 23.0 Å². The minimum atomic E-state index is -4.44. The summed E-state index contributed by atoms with van der Waals surface area (Å²) in [6.45, 7) is 1.89. The van der Waals surface area contributed by atoms with Crippen molar-refractivity contribution in [3.63, 3.8) is 0 Å². The van der Waals surface area contributed by atoms with Crippen molar-refractivity contribution in [2.45, 2.75) is 25.2 Å². The summed E-state index contributed by atoms with van der Waals surface area (Å²) in [5, 5.41) is 2.91. The van der Waals surface area contributed by atoms with Crippen LogP contribution in [0.2, 0.25) is 0 Å². The van der Waals surface area contributed by atoms with E-state index in [4.69, 9.17) is 5.73 Å². The highest BCUT2D eigenvalue weighted by Gasteiger charge is 2.40. The molecule has 3 N–H and O–H groups in total. The van der Waals surface area contributed by atoms with E-state index >= 15 is 0 Å². The third-order valence-electron chi connectivity index (χ3n) is 6.10. The molecule has 2 amide bonds. The number of urea groups is 1. The van der Waals surface area contributed by atoms with Gasteiger partial charge in [-0.3, -0.25) is 4.90 Å². The second-order valence-corrected chi connectivity index (χ2v) is 8.21. The van der Waals surface area contributed by atoms with Gasteiger partial charge in [-0.15, -0.1) is 12.4 Å². The Hall–Kier alpha value is -3.30. The highest BCUT2D eigenvalue weighted by atomic mass is 35.5. The average molecular weight is 490 g/mol. The summed E-state index contributed by atoms with van der Waals surface area (Å²) < 4.78 is 39.6. The van der Waals surface area contributed by atoms with Gasteiger partial charge in [-0.05, 0) is 48.4 Å². The summed E-state index contributed by atoms with van der Waals surface area (Å²) in [6, 6.07) is 15.5. The number of anilines is 3. The molecule has 10 heteroatoms. The van der Waals surface area contributed by atoms with Crippen LogP contribution in [0.1, 0.15) is 17.5 Å². The van der Waals surface area contributed by atoms with E-state index in [2.05, 4.69) is 15.2 Å². The van der Waals surface area contributed by atoms with E-state index < -0.39 is 11.7 Å². The van der Waals surface area contributed by atoms with Gasteiger partial charge in [0, 0.05) is 30.9 Å². The second-order valence-electron chi connectivity index (χ2n) is 8.21. The van der Waals surface area contributed by atoms with E-state index in [1.165, 1.54) is 6.07 Å². The molecule has 2 bridgehead atoms. The zero-order chi connectivity index (χ0) is 23.2. The van der Waals surface area contributed by atoms with Gasteiger partial charge in [-0.1, -0.05) is 24.3 Å². The van der Waals surface area contributed by atoms with Crippen LogP contribution in [0, 0.1) is 0 Å². The molecule has 2 aromatic carbocycles. The summed E-state index contributed by atoms with van der Waals surface area (Å²) in [5.41, 5.74) is 8.01. The van der Waals surface area contributed by atoms with Crippen molar-refractivity contribution in [3.8, 4) is 11.3 Å². The molecular formula is C24H23ClF3N5O. The first kappa shape index (κ1) is 23.8. The third-order valence-corrected chi connectivity index (χ3v) is 6.10. The highest BCUT2D eigenvalue weighted by Crippen LogP contribution is 2.41. The number of alkyl halides is 3. The van der Waals surface area contributed by atoms with Gasteiger partial charge in [0.2, 0.25) is 0 Å². The number of hydrogen-bond donors (Lipinski definition) is 2. The Morgan fingerprint density at radius 1 is 1.12 bits per heavy atom. The van der Waals surface area contributed by atoms with Crippen molar-refractivity contribution >= 4 is 35.6 Å². The number of carbonyl (C=O) groups excluding carboxylic acids is 1. The maximum absolute atomic E-state index is 13.3. The van der Waals surface area contributed by atoms with Crippen LogP contribution in [0.5, 0.6) is 0 Å². The number of nitrogens with zero attached hydrogens (tertiary/aromatic N) is 3. The van der Waals surface area contributed by atoms with Crippen molar-refractivity contribution in [2.75, 3.05) is 28.2 Å². The topological polar surface area (TPSA) is 74.5 Å². The molecule has 3 aromatic rings. The van der Waals surface area contributed by atoms with Gasteiger partial charge in [0.15, 0.2) is 5.82 Å². The lowest BCUT2D eigenvalue weighted by Crippen LogP contribution is -2.48. The van der Waals surface area contributed by atoms with E-state index in [1.807, 2.05) is 18.2 Å². The quantitative estimate of drug-likeness (QED) is 0.525. The Morgan fingerprint density at radius 3 is 2.59 bits per heavy atom. The van der Waals surface area contributed by atoms with Gasteiger partial charge >= 0.3 is 12.2 Å². The molecule has 0 aliphatic carbocycles. The molecule has 1 fully saturated rings. The number of rotatable bonds is 3. The van der Waals surface area contributed by atoms with Crippen LogP contribution in [0.4, 0.5) is 35.2 Å². The average Bonchev–Trinajstić information content (AvgIpc) is 3.23. The highest BCUT2D eigenvalue weighted by molar-refractivity contribution is 6.04. The van der Waals surface area contributed by atoms with Crippen LogP contribution < -0.4 is 20.9 Å². The molecule has 1 aromatic heterocycles. The molecule has 2 aliphatic heterocycles. The van der Waals surface area contributed by atoms with E-state index in [1.54, 1.807) is 29.2 Å². The van der Waals surface area contributed by atoms with Gasteiger partial charge in [-0.2, -0.15) is 13.2 Å². The van der Waals surface area contributed by atoms with Crippen molar-refractivity contribution in [1.29, 1.82) is 0 Å². The number of nitrogens with one attached hydrogen (secondary N) is 1. The Morgan fingerprint density at radius 2 is 1.88 bits per heavy atom. The molecule has 0 saturated carbocycles. The maximum atomic E-state index is 13.3. The number of hydrogen-bond acceptors (Lipinski definition) is 4. The van der Waals surface area contributed by atoms with Gasteiger partial charge < -0.3 is 16.0 Å². The Bertz CT molecular complexity index is 1200. The molecule has 3 heterocycles. The van der Waals surface area contributed by atoms with Crippen LogP contribution in [0.25, 0.3) is 11.3 Å². The zero-order valence-corrected chi connectivity index (χ0v) is 18.9. The smallest absolute Gasteiger partial charge is 0.366 e. The van der Waals surface area contributed by atoms with E-state index in [9.17, 15) is 18.0 Å². The lowest BCUT2D eigenvalue weighted by molar-refractivity contribution is -0.137. The Labute approximate surface area is 201 Å². The van der Waals surface area contributed by atoms with Crippen LogP contribution in [0.3, 0.4) is 0 Å². The zero-order valence-electron chi connectivity index (χ0n) is 18.0. The standard InChI is InChI=1S/C24H22F3N5O.ClH/c25-24(26,27)17-3-1-2-16(12-17)20-8-9-21-22(30-20)32(19-10-11-31(21)14-19)23(33)29-18-6-4-15(13-28)5-7-18;/h1-9,12,19H,10-11,13-14,28H2,(H,29,33);1H. The fraction of sp³-hybridized carbons (Fsp3) is 0.250. The summed E-state index contributed by atoms with van der Waals surface area (Å²) in [5.74, 6) is 0.453. The first-order valence-electron chi connectivity index (χ1n) is 10.7. The van der Waals surface area contributed by atoms with Gasteiger partial charge in [-0.25, -0.2) is 9.78 Å². The fourth-order valence-electron chi connectivity index (χ4n) is 4.39. The molecule has 1 saturated heterocycles.